The average molecular weight is 293 g/mol. The van der Waals surface area contributed by atoms with Crippen LogP contribution in [0.1, 0.15) is 6.92 Å². The molecular formula is C15H14ClFN2O. The van der Waals surface area contributed by atoms with Gasteiger partial charge in [0.15, 0.2) is 0 Å². The van der Waals surface area contributed by atoms with Gasteiger partial charge in [0.25, 0.3) is 0 Å². The van der Waals surface area contributed by atoms with Crippen molar-refractivity contribution < 1.29 is 9.13 Å². The zero-order valence-corrected chi connectivity index (χ0v) is 11.7. The molecule has 3 rings (SSSR count). The van der Waals surface area contributed by atoms with E-state index in [0.717, 1.165) is 10.9 Å². The zero-order valence-electron chi connectivity index (χ0n) is 10.9. The fourth-order valence-corrected chi connectivity index (χ4v) is 2.73. The molecule has 0 amide bonds. The van der Waals surface area contributed by atoms with E-state index in [1.165, 1.54) is 6.21 Å². The molecule has 0 bridgehead atoms. The molecule has 1 aliphatic rings. The maximum atomic E-state index is 13.8. The average Bonchev–Trinajstić information content (AvgIpc) is 2.85. The predicted molar refractivity (Wildman–Crippen MR) is 79.5 cm³/mol. The summed E-state index contributed by atoms with van der Waals surface area (Å²) in [6.07, 6.45) is 2.65. The summed E-state index contributed by atoms with van der Waals surface area (Å²) in [5.74, 6) is 0.294. The molecule has 1 aromatic carbocycles. The molecule has 0 saturated heterocycles. The van der Waals surface area contributed by atoms with E-state index in [1.807, 2.05) is 30.5 Å². The standard InChI is InChI=1S/C15H14ClFN2O/c1-9(15-12(16)7-18-8-13(15)17)20-11-2-3-14-10(6-11)4-5-19-14/h2-6,8-9,12,19H,7H2,1H3. The maximum Gasteiger partial charge on any atom is 0.145 e. The van der Waals surface area contributed by atoms with E-state index in [4.69, 9.17) is 16.3 Å². The predicted octanol–water partition coefficient (Wildman–Crippen LogP) is 3.85. The largest absolute Gasteiger partial charge is 0.486 e. The number of aromatic nitrogens is 1. The topological polar surface area (TPSA) is 37.4 Å². The summed E-state index contributed by atoms with van der Waals surface area (Å²) in [4.78, 5) is 6.98. The van der Waals surface area contributed by atoms with Crippen molar-refractivity contribution in [3.05, 3.63) is 41.9 Å². The third-order valence-corrected chi connectivity index (χ3v) is 3.73. The lowest BCUT2D eigenvalue weighted by atomic mass is 10.0. The molecule has 5 heteroatoms. The molecule has 104 valence electrons. The van der Waals surface area contributed by atoms with Crippen LogP contribution in [0.3, 0.4) is 0 Å². The van der Waals surface area contributed by atoms with Gasteiger partial charge in [-0.15, -0.1) is 11.6 Å². The smallest absolute Gasteiger partial charge is 0.145 e. The number of H-pyrrole nitrogens is 1. The molecule has 2 aromatic rings. The maximum absolute atomic E-state index is 13.8. The van der Waals surface area contributed by atoms with Gasteiger partial charge in [-0.1, -0.05) is 0 Å². The summed E-state index contributed by atoms with van der Waals surface area (Å²) in [5.41, 5.74) is 1.49. The quantitative estimate of drug-likeness (QED) is 0.857. The molecule has 0 radical (unpaired) electrons. The van der Waals surface area contributed by atoms with Gasteiger partial charge in [-0.05, 0) is 31.2 Å². The van der Waals surface area contributed by atoms with Gasteiger partial charge in [0, 0.05) is 22.7 Å². The zero-order chi connectivity index (χ0) is 14.1. The number of alkyl halides is 1. The first-order valence-corrected chi connectivity index (χ1v) is 6.86. The Morgan fingerprint density at radius 1 is 1.45 bits per heavy atom. The second kappa shape index (κ2) is 5.29. The van der Waals surface area contributed by atoms with Crippen molar-refractivity contribution in [2.24, 2.45) is 4.99 Å². The first-order valence-electron chi connectivity index (χ1n) is 6.42. The van der Waals surface area contributed by atoms with Crippen molar-refractivity contribution in [3.8, 4) is 5.75 Å². The molecule has 1 N–H and O–H groups in total. The molecule has 1 aromatic heterocycles. The van der Waals surface area contributed by atoms with E-state index >= 15 is 0 Å². The molecule has 0 spiro atoms. The fourth-order valence-electron chi connectivity index (χ4n) is 2.37. The van der Waals surface area contributed by atoms with Crippen LogP contribution < -0.4 is 4.74 Å². The Balaban J connectivity index is 1.84. The van der Waals surface area contributed by atoms with Crippen LogP contribution in [-0.4, -0.2) is 29.2 Å². The fraction of sp³-hybridized carbons (Fsp3) is 0.267. The molecular weight excluding hydrogens is 279 g/mol. The third-order valence-electron chi connectivity index (χ3n) is 3.36. The van der Waals surface area contributed by atoms with Gasteiger partial charge >= 0.3 is 0 Å². The Morgan fingerprint density at radius 2 is 2.30 bits per heavy atom. The number of aliphatic imine (C=N–C) groups is 1. The summed E-state index contributed by atoms with van der Waals surface area (Å²) >= 11 is 6.12. The normalized spacial score (nSPS) is 20.4. The highest BCUT2D eigenvalue weighted by Crippen LogP contribution is 2.27. The second-order valence-electron chi connectivity index (χ2n) is 4.75. The van der Waals surface area contributed by atoms with E-state index in [2.05, 4.69) is 9.98 Å². The van der Waals surface area contributed by atoms with Crippen LogP contribution in [0, 0.1) is 0 Å². The first-order chi connectivity index (χ1) is 9.65. The number of aromatic amines is 1. The van der Waals surface area contributed by atoms with Crippen LogP contribution in [0.2, 0.25) is 0 Å². The Labute approximate surface area is 121 Å². The van der Waals surface area contributed by atoms with Crippen LogP contribution in [-0.2, 0) is 0 Å². The van der Waals surface area contributed by atoms with Crippen LogP contribution in [0.4, 0.5) is 4.39 Å². The van der Waals surface area contributed by atoms with Crippen LogP contribution >= 0.6 is 11.6 Å². The lowest BCUT2D eigenvalue weighted by molar-refractivity contribution is 0.250. The first kappa shape index (κ1) is 13.2. The van der Waals surface area contributed by atoms with Crippen molar-refractivity contribution in [1.29, 1.82) is 0 Å². The number of halogens is 2. The van der Waals surface area contributed by atoms with Crippen LogP contribution in [0.25, 0.3) is 10.9 Å². The Morgan fingerprint density at radius 3 is 3.10 bits per heavy atom. The molecule has 2 heterocycles. The highest BCUT2D eigenvalue weighted by Gasteiger charge is 2.25. The van der Waals surface area contributed by atoms with E-state index in [1.54, 1.807) is 6.92 Å². The van der Waals surface area contributed by atoms with Gasteiger partial charge in [-0.25, -0.2) is 4.39 Å². The van der Waals surface area contributed by atoms with E-state index in [-0.39, 0.29) is 0 Å². The number of rotatable bonds is 3. The van der Waals surface area contributed by atoms with Gasteiger partial charge < -0.3 is 9.72 Å². The Bertz CT molecular complexity index is 692. The number of allylic oxidation sites excluding steroid dienone is 1. The number of nitrogens with one attached hydrogen (secondary N) is 1. The lowest BCUT2D eigenvalue weighted by Crippen LogP contribution is -2.27. The molecule has 20 heavy (non-hydrogen) atoms. The molecule has 0 fully saturated rings. The molecule has 0 aliphatic carbocycles. The van der Waals surface area contributed by atoms with Gasteiger partial charge in [-0.3, -0.25) is 4.99 Å². The van der Waals surface area contributed by atoms with Crippen molar-refractivity contribution in [3.63, 3.8) is 0 Å². The van der Waals surface area contributed by atoms with Crippen molar-refractivity contribution in [2.45, 2.75) is 18.4 Å². The number of fused-ring (bicyclic) bond motifs is 1. The molecule has 2 unspecified atom stereocenters. The third kappa shape index (κ3) is 2.43. The number of dihydropyridines is 1. The minimum Gasteiger partial charge on any atom is -0.486 e. The highest BCUT2D eigenvalue weighted by molar-refractivity contribution is 6.23. The Kier molecular flexibility index (Phi) is 3.49. The molecule has 1 aliphatic heterocycles. The monoisotopic (exact) mass is 292 g/mol. The number of hydrogen-bond acceptors (Lipinski definition) is 2. The van der Waals surface area contributed by atoms with Crippen molar-refractivity contribution in [2.75, 3.05) is 6.54 Å². The minimum atomic E-state index is -0.453. The van der Waals surface area contributed by atoms with Gasteiger partial charge in [0.2, 0.25) is 0 Å². The number of hydrogen-bond donors (Lipinski definition) is 1. The van der Waals surface area contributed by atoms with E-state index in [0.29, 0.717) is 17.9 Å². The van der Waals surface area contributed by atoms with Gasteiger partial charge in [0.05, 0.1) is 18.1 Å². The second-order valence-corrected chi connectivity index (χ2v) is 5.28. The van der Waals surface area contributed by atoms with E-state index in [9.17, 15) is 4.39 Å². The number of benzene rings is 1. The summed E-state index contributed by atoms with van der Waals surface area (Å²) in [7, 11) is 0. The molecule has 0 saturated carbocycles. The van der Waals surface area contributed by atoms with Crippen LogP contribution in [0.15, 0.2) is 46.9 Å². The molecule has 2 atom stereocenters. The molecule has 3 nitrogen and oxygen atoms in total. The summed E-state index contributed by atoms with van der Waals surface area (Å²) in [6, 6.07) is 7.67. The number of ether oxygens (including phenoxy) is 1. The van der Waals surface area contributed by atoms with Crippen LogP contribution in [0.5, 0.6) is 5.75 Å². The minimum absolute atomic E-state index is 0.384. The SMILES string of the molecule is CC(Oc1ccc2[nH]ccc2c1)C1=C(F)C=NCC1Cl. The van der Waals surface area contributed by atoms with Gasteiger partial charge in [-0.2, -0.15) is 0 Å². The van der Waals surface area contributed by atoms with Crippen molar-refractivity contribution in [1.82, 2.24) is 4.98 Å². The summed E-state index contributed by atoms with van der Waals surface area (Å²) in [6.45, 7) is 2.18. The highest BCUT2D eigenvalue weighted by atomic mass is 35.5. The summed E-state index contributed by atoms with van der Waals surface area (Å²) in [5, 5.41) is 0.600. The van der Waals surface area contributed by atoms with E-state index < -0.39 is 17.3 Å². The van der Waals surface area contributed by atoms with Gasteiger partial charge in [0.1, 0.15) is 17.7 Å². The Hall–Kier alpha value is -1.81. The van der Waals surface area contributed by atoms with Crippen molar-refractivity contribution >= 4 is 28.7 Å². The summed E-state index contributed by atoms with van der Waals surface area (Å²) < 4.78 is 19.6. The lowest BCUT2D eigenvalue weighted by Gasteiger charge is -2.23. The number of nitrogens with zero attached hydrogens (tertiary/aromatic N) is 1.